The van der Waals surface area contributed by atoms with E-state index in [-0.39, 0.29) is 0 Å². The van der Waals surface area contributed by atoms with Gasteiger partial charge in [0.25, 0.3) is 0 Å². The smallest absolute Gasteiger partial charge is 0.0130 e. The van der Waals surface area contributed by atoms with Gasteiger partial charge in [-0.05, 0) is 19.8 Å². The number of hydrogen-bond donors (Lipinski definition) is 0. The fourth-order valence-corrected chi connectivity index (χ4v) is 1.23. The van der Waals surface area contributed by atoms with Gasteiger partial charge in [0, 0.05) is 0 Å². The normalized spacial score (nSPS) is 17.6. The second kappa shape index (κ2) is 2.86. The Bertz CT molecular complexity index is 149. The van der Waals surface area contributed by atoms with E-state index in [2.05, 4.69) is 26.0 Å². The average molecular weight is 122 g/mol. The van der Waals surface area contributed by atoms with Crippen LogP contribution in [0, 0.1) is 0 Å². The molecule has 0 saturated heterocycles. The van der Waals surface area contributed by atoms with Crippen molar-refractivity contribution in [1.29, 1.82) is 0 Å². The van der Waals surface area contributed by atoms with Gasteiger partial charge in [-0.15, -0.1) is 0 Å². The topological polar surface area (TPSA) is 0 Å². The van der Waals surface area contributed by atoms with Gasteiger partial charge in [-0.2, -0.15) is 0 Å². The van der Waals surface area contributed by atoms with Crippen LogP contribution in [-0.4, -0.2) is 0 Å². The van der Waals surface area contributed by atoms with E-state index in [1.807, 2.05) is 0 Å². The van der Waals surface area contributed by atoms with Crippen LogP contribution >= 0.6 is 0 Å². The Morgan fingerprint density at radius 1 is 1.56 bits per heavy atom. The summed E-state index contributed by atoms with van der Waals surface area (Å²) in [5, 5.41) is 0. The third kappa shape index (κ3) is 1.70. The minimum Gasteiger partial charge on any atom is -0.0775 e. The lowest BCUT2D eigenvalue weighted by molar-refractivity contribution is 0.887. The highest BCUT2D eigenvalue weighted by atomic mass is 14.1. The van der Waals surface area contributed by atoms with Gasteiger partial charge >= 0.3 is 0 Å². The van der Waals surface area contributed by atoms with Crippen LogP contribution in [0.3, 0.4) is 0 Å². The molecule has 0 saturated carbocycles. The Morgan fingerprint density at radius 3 is 2.78 bits per heavy atom. The van der Waals surface area contributed by atoms with Crippen LogP contribution in [-0.2, 0) is 0 Å². The zero-order valence-corrected chi connectivity index (χ0v) is 6.28. The molecule has 0 atom stereocenters. The Balaban J connectivity index is 2.41. The molecular weight excluding hydrogens is 108 g/mol. The van der Waals surface area contributed by atoms with Crippen LogP contribution in [0.4, 0.5) is 0 Å². The highest BCUT2D eigenvalue weighted by Gasteiger charge is 2.00. The van der Waals surface area contributed by atoms with Crippen LogP contribution in [0.5, 0.6) is 0 Å². The number of rotatable bonds is 2. The van der Waals surface area contributed by atoms with E-state index in [1.54, 1.807) is 5.57 Å². The molecule has 0 unspecified atom stereocenters. The summed E-state index contributed by atoms with van der Waals surface area (Å²) in [4.78, 5) is 0. The molecule has 50 valence electrons. The van der Waals surface area contributed by atoms with Crippen LogP contribution in [0.2, 0.25) is 0 Å². The first-order valence-corrected chi connectivity index (χ1v) is 3.69. The summed E-state index contributed by atoms with van der Waals surface area (Å²) in [5.41, 5.74) is 3.05. The average Bonchev–Trinajstić information content (AvgIpc) is 2.17. The van der Waals surface area contributed by atoms with E-state index in [9.17, 15) is 0 Å². The van der Waals surface area contributed by atoms with Crippen LogP contribution in [0.1, 0.15) is 33.1 Å². The molecule has 0 bridgehead atoms. The molecule has 1 aliphatic rings. The van der Waals surface area contributed by atoms with E-state index in [1.165, 1.54) is 24.8 Å². The second-order valence-electron chi connectivity index (χ2n) is 2.70. The van der Waals surface area contributed by atoms with Crippen molar-refractivity contribution in [2.45, 2.75) is 33.1 Å². The van der Waals surface area contributed by atoms with Gasteiger partial charge in [0.15, 0.2) is 0 Å². The molecule has 1 aliphatic carbocycles. The molecule has 0 amide bonds. The largest absolute Gasteiger partial charge is 0.0775 e. The first-order valence-electron chi connectivity index (χ1n) is 3.69. The van der Waals surface area contributed by atoms with E-state index >= 15 is 0 Å². The molecule has 0 aromatic carbocycles. The van der Waals surface area contributed by atoms with Crippen molar-refractivity contribution in [2.24, 2.45) is 0 Å². The van der Waals surface area contributed by atoms with E-state index in [4.69, 9.17) is 0 Å². The van der Waals surface area contributed by atoms with Gasteiger partial charge in [0.2, 0.25) is 0 Å². The summed E-state index contributed by atoms with van der Waals surface area (Å²) in [6, 6.07) is 0. The first-order chi connectivity index (χ1) is 4.33. The Labute approximate surface area is 57.3 Å². The maximum absolute atomic E-state index is 2.31. The van der Waals surface area contributed by atoms with Gasteiger partial charge in [-0.1, -0.05) is 36.6 Å². The monoisotopic (exact) mass is 122 g/mol. The lowest BCUT2D eigenvalue weighted by atomic mass is 10.1. The van der Waals surface area contributed by atoms with E-state index in [0.29, 0.717) is 0 Å². The highest BCUT2D eigenvalue weighted by molar-refractivity contribution is 5.30. The SMILES string of the molecule is CCCC1=CC(C)=CC1. The number of allylic oxidation sites excluding steroid dienone is 4. The van der Waals surface area contributed by atoms with Crippen molar-refractivity contribution in [3.8, 4) is 0 Å². The summed E-state index contributed by atoms with van der Waals surface area (Å²) >= 11 is 0. The van der Waals surface area contributed by atoms with E-state index < -0.39 is 0 Å². The summed E-state index contributed by atoms with van der Waals surface area (Å²) in [5.74, 6) is 0. The molecule has 0 nitrogen and oxygen atoms in total. The Kier molecular flexibility index (Phi) is 2.10. The summed E-state index contributed by atoms with van der Waals surface area (Å²) < 4.78 is 0. The maximum Gasteiger partial charge on any atom is -0.0130 e. The van der Waals surface area contributed by atoms with Crippen molar-refractivity contribution in [1.82, 2.24) is 0 Å². The molecule has 0 aliphatic heterocycles. The quantitative estimate of drug-likeness (QED) is 0.528. The third-order valence-corrected chi connectivity index (χ3v) is 1.69. The zero-order chi connectivity index (χ0) is 6.69. The minimum absolute atomic E-state index is 1.21. The van der Waals surface area contributed by atoms with E-state index in [0.717, 1.165) is 0 Å². The molecule has 0 spiro atoms. The molecule has 0 heterocycles. The zero-order valence-electron chi connectivity index (χ0n) is 6.28. The molecule has 0 heteroatoms. The molecule has 1 rings (SSSR count). The highest BCUT2D eigenvalue weighted by Crippen LogP contribution is 2.20. The molecular formula is C9H14. The molecule has 0 radical (unpaired) electrons. The van der Waals surface area contributed by atoms with Crippen molar-refractivity contribution < 1.29 is 0 Å². The summed E-state index contributed by atoms with van der Waals surface area (Å²) in [7, 11) is 0. The van der Waals surface area contributed by atoms with Crippen LogP contribution < -0.4 is 0 Å². The van der Waals surface area contributed by atoms with Crippen LogP contribution in [0.15, 0.2) is 23.3 Å². The van der Waals surface area contributed by atoms with Crippen molar-refractivity contribution in [3.05, 3.63) is 23.3 Å². The molecule has 9 heavy (non-hydrogen) atoms. The van der Waals surface area contributed by atoms with Crippen molar-refractivity contribution >= 4 is 0 Å². The molecule has 0 fully saturated rings. The van der Waals surface area contributed by atoms with Crippen molar-refractivity contribution in [3.63, 3.8) is 0 Å². The minimum atomic E-state index is 1.21. The lowest BCUT2D eigenvalue weighted by Gasteiger charge is -1.94. The Hall–Kier alpha value is -0.520. The molecule has 0 aromatic rings. The predicted octanol–water partition coefficient (Wildman–Crippen LogP) is 3.06. The predicted molar refractivity (Wildman–Crippen MR) is 41.4 cm³/mol. The maximum atomic E-state index is 2.31. The molecule has 0 N–H and O–H groups in total. The van der Waals surface area contributed by atoms with Gasteiger partial charge in [-0.3, -0.25) is 0 Å². The van der Waals surface area contributed by atoms with Gasteiger partial charge < -0.3 is 0 Å². The van der Waals surface area contributed by atoms with Gasteiger partial charge in [0.1, 0.15) is 0 Å². The lowest BCUT2D eigenvalue weighted by Crippen LogP contribution is -1.74. The number of hydrogen-bond acceptors (Lipinski definition) is 0. The second-order valence-corrected chi connectivity index (χ2v) is 2.70. The van der Waals surface area contributed by atoms with Crippen molar-refractivity contribution in [2.75, 3.05) is 0 Å². The van der Waals surface area contributed by atoms with Gasteiger partial charge in [0.05, 0.1) is 0 Å². The Morgan fingerprint density at radius 2 is 2.33 bits per heavy atom. The summed E-state index contributed by atoms with van der Waals surface area (Å²) in [6.45, 7) is 4.40. The first kappa shape index (κ1) is 6.60. The molecule has 0 aromatic heterocycles. The van der Waals surface area contributed by atoms with Gasteiger partial charge in [-0.25, -0.2) is 0 Å². The van der Waals surface area contributed by atoms with Crippen LogP contribution in [0.25, 0.3) is 0 Å². The fraction of sp³-hybridized carbons (Fsp3) is 0.556. The summed E-state index contributed by atoms with van der Waals surface area (Å²) in [6.07, 6.45) is 8.38. The third-order valence-electron chi connectivity index (χ3n) is 1.69. The standard InChI is InChI=1S/C9H14/c1-3-4-9-6-5-8(2)7-9/h5,7H,3-4,6H2,1-2H3. The fourth-order valence-electron chi connectivity index (χ4n) is 1.23.